The summed E-state index contributed by atoms with van der Waals surface area (Å²) in [6.45, 7) is 3.21. The van der Waals surface area contributed by atoms with Gasteiger partial charge >= 0.3 is 0 Å². The fourth-order valence-corrected chi connectivity index (χ4v) is 2.43. The van der Waals surface area contributed by atoms with E-state index in [9.17, 15) is 0 Å². The maximum absolute atomic E-state index is 5.70. The highest BCUT2D eigenvalue weighted by Gasteiger charge is 2.21. The number of ether oxygens (including phenoxy) is 1. The molecule has 1 unspecified atom stereocenters. The molecule has 1 aromatic heterocycles. The Morgan fingerprint density at radius 3 is 2.71 bits per heavy atom. The minimum absolute atomic E-state index is 0. The Morgan fingerprint density at radius 1 is 1.42 bits per heavy atom. The van der Waals surface area contributed by atoms with Crippen molar-refractivity contribution < 1.29 is 9.15 Å². The van der Waals surface area contributed by atoms with Crippen LogP contribution in [0.3, 0.4) is 0 Å². The molecule has 0 amide bonds. The van der Waals surface area contributed by atoms with Crippen molar-refractivity contribution in [2.45, 2.75) is 18.9 Å². The first-order valence-corrected chi connectivity index (χ1v) is 8.31. The molecule has 0 aliphatic heterocycles. The van der Waals surface area contributed by atoms with Gasteiger partial charge in [0, 0.05) is 33.8 Å². The van der Waals surface area contributed by atoms with Gasteiger partial charge in [0.15, 0.2) is 5.96 Å². The number of hydrogen-bond acceptors (Lipinski definition) is 4. The van der Waals surface area contributed by atoms with Crippen LogP contribution in [0, 0.1) is 5.92 Å². The monoisotopic (exact) mass is 450 g/mol. The van der Waals surface area contributed by atoms with Crippen LogP contribution in [0.1, 0.15) is 24.6 Å². The van der Waals surface area contributed by atoms with Crippen molar-refractivity contribution >= 4 is 29.9 Å². The van der Waals surface area contributed by atoms with Gasteiger partial charge in [-0.15, -0.1) is 24.0 Å². The van der Waals surface area contributed by atoms with E-state index in [1.165, 1.54) is 12.8 Å². The summed E-state index contributed by atoms with van der Waals surface area (Å²) in [7, 11) is 7.94. The Kier molecular flexibility index (Phi) is 9.68. The Bertz CT molecular complexity index is 475. The van der Waals surface area contributed by atoms with Crippen molar-refractivity contribution in [1.82, 2.24) is 15.1 Å². The fourth-order valence-electron chi connectivity index (χ4n) is 2.43. The fraction of sp³-hybridized carbons (Fsp3) is 0.706. The van der Waals surface area contributed by atoms with Crippen molar-refractivity contribution in [3.63, 3.8) is 0 Å². The second-order valence-electron chi connectivity index (χ2n) is 6.36. The van der Waals surface area contributed by atoms with Crippen LogP contribution in [0.2, 0.25) is 0 Å². The van der Waals surface area contributed by atoms with E-state index in [1.54, 1.807) is 13.3 Å². The zero-order valence-electron chi connectivity index (χ0n) is 15.2. The number of nitrogens with one attached hydrogen (secondary N) is 1. The lowest BCUT2D eigenvalue weighted by molar-refractivity contribution is 0.115. The van der Waals surface area contributed by atoms with Gasteiger partial charge in [-0.1, -0.05) is 0 Å². The maximum Gasteiger partial charge on any atom is 0.193 e. The van der Waals surface area contributed by atoms with Crippen LogP contribution in [0.5, 0.6) is 0 Å². The molecule has 2 rings (SSSR count). The minimum atomic E-state index is 0. The second kappa shape index (κ2) is 10.9. The van der Waals surface area contributed by atoms with Gasteiger partial charge in [-0.2, -0.15) is 0 Å². The lowest BCUT2D eigenvalue weighted by Gasteiger charge is -2.27. The third-order valence-corrected chi connectivity index (χ3v) is 4.14. The second-order valence-corrected chi connectivity index (χ2v) is 6.36. The summed E-state index contributed by atoms with van der Waals surface area (Å²) >= 11 is 0. The minimum Gasteiger partial charge on any atom is -0.468 e. The molecular formula is C17H31IN4O2. The molecule has 1 saturated carbocycles. The van der Waals surface area contributed by atoms with Crippen LogP contribution in [0.4, 0.5) is 0 Å². The van der Waals surface area contributed by atoms with Crippen LogP contribution >= 0.6 is 24.0 Å². The van der Waals surface area contributed by atoms with Crippen molar-refractivity contribution in [3.05, 3.63) is 24.2 Å². The maximum atomic E-state index is 5.70. The molecule has 0 spiro atoms. The van der Waals surface area contributed by atoms with Crippen LogP contribution < -0.4 is 5.32 Å². The highest BCUT2D eigenvalue weighted by atomic mass is 127. The van der Waals surface area contributed by atoms with Crippen molar-refractivity contribution in [3.8, 4) is 0 Å². The number of rotatable bonds is 9. The number of nitrogens with zero attached hydrogens (tertiary/aromatic N) is 3. The predicted molar refractivity (Wildman–Crippen MR) is 108 cm³/mol. The summed E-state index contributed by atoms with van der Waals surface area (Å²) in [5, 5.41) is 3.42. The van der Waals surface area contributed by atoms with E-state index in [4.69, 9.17) is 9.15 Å². The highest BCUT2D eigenvalue weighted by molar-refractivity contribution is 14.0. The molecule has 138 valence electrons. The molecule has 6 nitrogen and oxygen atoms in total. The van der Waals surface area contributed by atoms with E-state index in [0.717, 1.165) is 43.9 Å². The molecule has 7 heteroatoms. The van der Waals surface area contributed by atoms with Gasteiger partial charge in [0.25, 0.3) is 0 Å². The zero-order valence-corrected chi connectivity index (χ0v) is 17.5. The van der Waals surface area contributed by atoms with E-state index >= 15 is 0 Å². The molecule has 1 atom stereocenters. The number of furan rings is 1. The average Bonchev–Trinajstić information content (AvgIpc) is 3.20. The first kappa shape index (κ1) is 21.2. The van der Waals surface area contributed by atoms with Gasteiger partial charge in [-0.05, 0) is 45.0 Å². The standard InChI is InChI=1S/C17H30N4O2.HI/c1-18-17(21(4)9-11-22-13-14-7-8-14)19-12-15(20(2)3)16-6-5-10-23-16;/h5-6,10,14-15H,7-9,11-13H2,1-4H3,(H,18,19);1H. The molecule has 1 N–H and O–H groups in total. The van der Waals surface area contributed by atoms with Gasteiger partial charge in [-0.25, -0.2) is 0 Å². The normalized spacial score (nSPS) is 16.0. The number of guanidine groups is 1. The highest BCUT2D eigenvalue weighted by Crippen LogP contribution is 2.28. The summed E-state index contributed by atoms with van der Waals surface area (Å²) in [5.41, 5.74) is 0. The molecule has 1 aromatic rings. The summed E-state index contributed by atoms with van der Waals surface area (Å²) < 4.78 is 11.2. The van der Waals surface area contributed by atoms with Gasteiger partial charge in [0.2, 0.25) is 0 Å². The summed E-state index contributed by atoms with van der Waals surface area (Å²) in [6.07, 6.45) is 4.37. The van der Waals surface area contributed by atoms with Crippen molar-refractivity contribution in [2.75, 3.05) is 54.5 Å². The Morgan fingerprint density at radius 2 is 2.17 bits per heavy atom. The number of halogens is 1. The Balaban J connectivity index is 0.00000288. The largest absolute Gasteiger partial charge is 0.468 e. The van der Waals surface area contributed by atoms with Crippen LogP contribution in [-0.2, 0) is 4.74 Å². The molecule has 1 aliphatic rings. The predicted octanol–water partition coefficient (Wildman–Crippen LogP) is 2.43. The molecule has 0 saturated heterocycles. The number of likely N-dealkylation sites (N-methyl/N-ethyl adjacent to an activating group) is 2. The van der Waals surface area contributed by atoms with Crippen LogP contribution in [0.25, 0.3) is 0 Å². The smallest absolute Gasteiger partial charge is 0.193 e. The summed E-state index contributed by atoms with van der Waals surface area (Å²) in [4.78, 5) is 8.59. The Labute approximate surface area is 162 Å². The molecule has 0 aromatic carbocycles. The molecule has 24 heavy (non-hydrogen) atoms. The zero-order chi connectivity index (χ0) is 16.7. The number of hydrogen-bond donors (Lipinski definition) is 1. The quantitative estimate of drug-likeness (QED) is 0.271. The molecule has 1 aliphatic carbocycles. The lowest BCUT2D eigenvalue weighted by atomic mass is 10.2. The van der Waals surface area contributed by atoms with E-state index < -0.39 is 0 Å². The van der Waals surface area contributed by atoms with E-state index in [1.807, 2.05) is 33.3 Å². The molecule has 1 fully saturated rings. The first-order chi connectivity index (χ1) is 11.1. The van der Waals surface area contributed by atoms with Crippen molar-refractivity contribution in [1.29, 1.82) is 0 Å². The Hall–Kier alpha value is -0.800. The molecule has 0 radical (unpaired) electrons. The number of aliphatic imine (C=N–C) groups is 1. The third kappa shape index (κ3) is 6.98. The summed E-state index contributed by atoms with van der Waals surface area (Å²) in [6, 6.07) is 4.09. The SMILES string of the molecule is CN=C(NCC(c1ccco1)N(C)C)N(C)CCOCC1CC1.I. The summed E-state index contributed by atoms with van der Waals surface area (Å²) in [5.74, 6) is 2.64. The molecule has 0 bridgehead atoms. The van der Waals surface area contributed by atoms with Crippen LogP contribution in [0.15, 0.2) is 27.8 Å². The van der Waals surface area contributed by atoms with Crippen LogP contribution in [-0.4, -0.2) is 70.3 Å². The average molecular weight is 450 g/mol. The first-order valence-electron chi connectivity index (χ1n) is 8.31. The third-order valence-electron chi connectivity index (χ3n) is 4.14. The van der Waals surface area contributed by atoms with E-state index in [-0.39, 0.29) is 30.0 Å². The molecular weight excluding hydrogens is 419 g/mol. The van der Waals surface area contributed by atoms with E-state index in [0.29, 0.717) is 0 Å². The van der Waals surface area contributed by atoms with E-state index in [2.05, 4.69) is 20.1 Å². The van der Waals surface area contributed by atoms with Crippen molar-refractivity contribution in [2.24, 2.45) is 10.9 Å². The van der Waals surface area contributed by atoms with Gasteiger partial charge < -0.3 is 19.4 Å². The van der Waals surface area contributed by atoms with Gasteiger partial charge in [0.1, 0.15) is 5.76 Å². The molecule has 1 heterocycles. The van der Waals surface area contributed by atoms with Gasteiger partial charge in [-0.3, -0.25) is 9.89 Å². The topological polar surface area (TPSA) is 53.2 Å². The lowest BCUT2D eigenvalue weighted by Crippen LogP contribution is -2.43. The van der Waals surface area contributed by atoms with Gasteiger partial charge in [0.05, 0.1) is 18.9 Å².